The van der Waals surface area contributed by atoms with Crippen molar-refractivity contribution in [1.82, 2.24) is 0 Å². The van der Waals surface area contributed by atoms with E-state index < -0.39 is 0 Å². The molecule has 136 valence electrons. The van der Waals surface area contributed by atoms with Gasteiger partial charge >= 0.3 is 0 Å². The van der Waals surface area contributed by atoms with Gasteiger partial charge in [-0.15, -0.1) is 0 Å². The van der Waals surface area contributed by atoms with Crippen LogP contribution in [-0.2, 0) is 6.61 Å². The number of phenols is 1. The van der Waals surface area contributed by atoms with Crippen molar-refractivity contribution in [2.24, 2.45) is 0 Å². The molecular weight excluding hydrogens is 340 g/mol. The van der Waals surface area contributed by atoms with Crippen LogP contribution in [0.15, 0.2) is 78.9 Å². The van der Waals surface area contributed by atoms with Gasteiger partial charge in [0.05, 0.1) is 12.7 Å². The molecule has 3 rings (SSSR count). The molecule has 0 amide bonds. The summed E-state index contributed by atoms with van der Waals surface area (Å²) in [6, 6.07) is 21.8. The van der Waals surface area contributed by atoms with Crippen LogP contribution in [0.4, 0.5) is 0 Å². The lowest BCUT2D eigenvalue weighted by atomic mass is 10.1. The number of rotatable bonds is 7. The number of methoxy groups -OCH3 is 1. The van der Waals surface area contributed by atoms with Crippen LogP contribution in [0.25, 0.3) is 6.08 Å². The largest absolute Gasteiger partial charge is 0.507 e. The van der Waals surface area contributed by atoms with Gasteiger partial charge in [-0.3, -0.25) is 4.79 Å². The summed E-state index contributed by atoms with van der Waals surface area (Å²) in [6.45, 7) is 0.394. The Morgan fingerprint density at radius 1 is 0.963 bits per heavy atom. The number of allylic oxidation sites excluding steroid dienone is 1. The summed E-state index contributed by atoms with van der Waals surface area (Å²) in [7, 11) is 1.60. The molecule has 4 heteroatoms. The Bertz CT molecular complexity index is 928. The van der Waals surface area contributed by atoms with Crippen molar-refractivity contribution in [3.8, 4) is 17.2 Å². The number of carbonyl (C=O) groups excluding carboxylic acids is 1. The number of ether oxygens (including phenoxy) is 2. The number of benzene rings is 3. The van der Waals surface area contributed by atoms with E-state index in [2.05, 4.69) is 0 Å². The monoisotopic (exact) mass is 360 g/mol. The lowest BCUT2D eigenvalue weighted by Gasteiger charge is -2.08. The van der Waals surface area contributed by atoms with Crippen LogP contribution in [0.3, 0.4) is 0 Å². The molecule has 0 aromatic heterocycles. The number of ketones is 1. The first kappa shape index (κ1) is 18.3. The summed E-state index contributed by atoms with van der Waals surface area (Å²) in [4.78, 5) is 12.3. The Hall–Kier alpha value is -3.53. The van der Waals surface area contributed by atoms with E-state index in [4.69, 9.17) is 9.47 Å². The number of hydrogen-bond acceptors (Lipinski definition) is 4. The Morgan fingerprint density at radius 2 is 1.67 bits per heavy atom. The number of carbonyl (C=O) groups is 1. The second-order valence-electron chi connectivity index (χ2n) is 5.92. The molecule has 0 saturated carbocycles. The van der Waals surface area contributed by atoms with Crippen molar-refractivity contribution >= 4 is 11.9 Å². The molecule has 0 spiro atoms. The van der Waals surface area contributed by atoms with Gasteiger partial charge in [-0.25, -0.2) is 0 Å². The fourth-order valence-electron chi connectivity index (χ4n) is 2.53. The maximum atomic E-state index is 12.3. The van der Waals surface area contributed by atoms with Gasteiger partial charge in [0.2, 0.25) is 0 Å². The minimum absolute atomic E-state index is 0.107. The van der Waals surface area contributed by atoms with Gasteiger partial charge in [0, 0.05) is 6.07 Å². The van der Waals surface area contributed by atoms with Crippen LogP contribution < -0.4 is 9.47 Å². The maximum absolute atomic E-state index is 12.3. The molecule has 4 nitrogen and oxygen atoms in total. The van der Waals surface area contributed by atoms with E-state index in [0.717, 1.165) is 16.9 Å². The van der Waals surface area contributed by atoms with Crippen molar-refractivity contribution in [2.45, 2.75) is 6.61 Å². The number of aromatic hydroxyl groups is 1. The van der Waals surface area contributed by atoms with Crippen molar-refractivity contribution < 1.29 is 19.4 Å². The molecule has 0 bridgehead atoms. The van der Waals surface area contributed by atoms with Gasteiger partial charge in [-0.2, -0.15) is 0 Å². The zero-order chi connectivity index (χ0) is 19.1. The topological polar surface area (TPSA) is 55.8 Å². The minimum atomic E-state index is -0.280. The smallest absolute Gasteiger partial charge is 0.189 e. The SMILES string of the molecule is COc1ccc(/C=C/C(=O)c2ccc(OCc3ccccc3)cc2O)cc1. The standard InChI is InChI=1S/C23H20O4/c1-26-19-10-7-17(8-11-19)9-14-22(24)21-13-12-20(15-23(21)25)27-16-18-5-3-2-4-6-18/h2-15,25H,16H2,1H3/b14-9+. The minimum Gasteiger partial charge on any atom is -0.507 e. The Morgan fingerprint density at radius 3 is 2.33 bits per heavy atom. The molecule has 0 heterocycles. The Labute approximate surface area is 158 Å². The van der Waals surface area contributed by atoms with Gasteiger partial charge in [-0.05, 0) is 41.5 Å². The predicted molar refractivity (Wildman–Crippen MR) is 105 cm³/mol. The molecule has 3 aromatic carbocycles. The predicted octanol–water partition coefficient (Wildman–Crippen LogP) is 4.88. The van der Waals surface area contributed by atoms with Crippen LogP contribution in [0.2, 0.25) is 0 Å². The Kier molecular flexibility index (Phi) is 5.90. The van der Waals surface area contributed by atoms with Crippen molar-refractivity contribution in [3.63, 3.8) is 0 Å². The zero-order valence-corrected chi connectivity index (χ0v) is 15.0. The summed E-state index contributed by atoms with van der Waals surface area (Å²) in [5, 5.41) is 10.2. The molecule has 3 aromatic rings. The third kappa shape index (κ3) is 4.98. The lowest BCUT2D eigenvalue weighted by Crippen LogP contribution is -1.98. The molecule has 0 saturated heterocycles. The normalized spacial score (nSPS) is 10.7. The summed E-state index contributed by atoms with van der Waals surface area (Å²) >= 11 is 0. The van der Waals surface area contributed by atoms with E-state index in [1.807, 2.05) is 54.6 Å². The number of phenolic OH excluding ortho intramolecular Hbond substituents is 1. The zero-order valence-electron chi connectivity index (χ0n) is 15.0. The molecule has 0 radical (unpaired) electrons. The van der Waals surface area contributed by atoms with E-state index in [1.54, 1.807) is 25.3 Å². The van der Waals surface area contributed by atoms with Crippen LogP contribution in [-0.4, -0.2) is 18.0 Å². The summed E-state index contributed by atoms with van der Waals surface area (Å²) in [5.74, 6) is 0.872. The van der Waals surface area contributed by atoms with E-state index in [1.165, 1.54) is 12.1 Å². The molecule has 0 aliphatic carbocycles. The second kappa shape index (κ2) is 8.72. The lowest BCUT2D eigenvalue weighted by molar-refractivity contribution is 0.104. The highest BCUT2D eigenvalue weighted by Crippen LogP contribution is 2.25. The van der Waals surface area contributed by atoms with Crippen LogP contribution in [0, 0.1) is 0 Å². The molecule has 0 unspecified atom stereocenters. The fourth-order valence-corrected chi connectivity index (χ4v) is 2.53. The van der Waals surface area contributed by atoms with Crippen molar-refractivity contribution in [1.29, 1.82) is 0 Å². The van der Waals surface area contributed by atoms with Crippen LogP contribution in [0.5, 0.6) is 17.2 Å². The molecule has 0 aliphatic rings. The highest BCUT2D eigenvalue weighted by atomic mass is 16.5. The number of hydrogen-bond donors (Lipinski definition) is 1. The first-order valence-corrected chi connectivity index (χ1v) is 8.52. The highest BCUT2D eigenvalue weighted by molar-refractivity contribution is 6.08. The molecule has 27 heavy (non-hydrogen) atoms. The average Bonchev–Trinajstić information content (AvgIpc) is 2.71. The first-order valence-electron chi connectivity index (χ1n) is 8.52. The molecular formula is C23H20O4. The third-order valence-corrected chi connectivity index (χ3v) is 4.03. The van der Waals surface area contributed by atoms with Crippen molar-refractivity contribution in [3.05, 3.63) is 95.6 Å². The highest BCUT2D eigenvalue weighted by Gasteiger charge is 2.10. The Balaban J connectivity index is 1.65. The quantitative estimate of drug-likeness (QED) is 0.482. The van der Waals surface area contributed by atoms with Crippen LogP contribution >= 0.6 is 0 Å². The summed E-state index contributed by atoms with van der Waals surface area (Å²) in [5.41, 5.74) is 2.12. The van der Waals surface area contributed by atoms with Gasteiger partial charge < -0.3 is 14.6 Å². The van der Waals surface area contributed by atoms with Gasteiger partial charge in [0.15, 0.2) is 5.78 Å². The van der Waals surface area contributed by atoms with Crippen molar-refractivity contribution in [2.75, 3.05) is 7.11 Å². The summed E-state index contributed by atoms with van der Waals surface area (Å²) in [6.07, 6.45) is 3.13. The maximum Gasteiger partial charge on any atom is 0.189 e. The molecule has 1 N–H and O–H groups in total. The van der Waals surface area contributed by atoms with Gasteiger partial charge in [0.1, 0.15) is 23.9 Å². The molecule has 0 fully saturated rings. The molecule has 0 atom stereocenters. The van der Waals surface area contributed by atoms with Gasteiger partial charge in [0.25, 0.3) is 0 Å². The van der Waals surface area contributed by atoms with E-state index >= 15 is 0 Å². The molecule has 0 aliphatic heterocycles. The fraction of sp³-hybridized carbons (Fsp3) is 0.0870. The van der Waals surface area contributed by atoms with E-state index in [9.17, 15) is 9.90 Å². The van der Waals surface area contributed by atoms with Gasteiger partial charge in [-0.1, -0.05) is 48.5 Å². The average molecular weight is 360 g/mol. The second-order valence-corrected chi connectivity index (χ2v) is 5.92. The van der Waals surface area contributed by atoms with Crippen LogP contribution in [0.1, 0.15) is 21.5 Å². The van der Waals surface area contributed by atoms with E-state index in [-0.39, 0.29) is 17.1 Å². The first-order chi connectivity index (χ1) is 13.2. The summed E-state index contributed by atoms with van der Waals surface area (Å²) < 4.78 is 10.8. The third-order valence-electron chi connectivity index (χ3n) is 4.03. The van der Waals surface area contributed by atoms with E-state index in [0.29, 0.717) is 12.4 Å².